The first-order valence-corrected chi connectivity index (χ1v) is 8.46. The maximum atomic E-state index is 13.7. The summed E-state index contributed by atoms with van der Waals surface area (Å²) in [5, 5.41) is 3.66. The minimum absolute atomic E-state index is 0.0827. The van der Waals surface area contributed by atoms with E-state index < -0.39 is 0 Å². The van der Waals surface area contributed by atoms with Crippen molar-refractivity contribution in [1.82, 2.24) is 5.32 Å². The number of hydrogen-bond donors (Lipinski definition) is 1. The molecule has 1 heterocycles. The molecule has 0 saturated heterocycles. The summed E-state index contributed by atoms with van der Waals surface area (Å²) >= 11 is 11.3. The molecule has 108 valence electrons. The maximum Gasteiger partial charge on any atom is 0.142 e. The zero-order chi connectivity index (χ0) is 14.7. The second-order valence-corrected chi connectivity index (χ2v) is 7.61. The summed E-state index contributed by atoms with van der Waals surface area (Å²) in [6.07, 6.45) is 1.01. The zero-order valence-corrected chi connectivity index (χ0v) is 14.5. The van der Waals surface area contributed by atoms with Gasteiger partial charge >= 0.3 is 0 Å². The van der Waals surface area contributed by atoms with Crippen molar-refractivity contribution in [3.63, 3.8) is 0 Å². The highest BCUT2D eigenvalue weighted by Crippen LogP contribution is 2.36. The van der Waals surface area contributed by atoms with E-state index in [4.69, 9.17) is 11.6 Å². The Kier molecular flexibility index (Phi) is 5.61. The topological polar surface area (TPSA) is 12.0 Å². The lowest BCUT2D eigenvalue weighted by atomic mass is 9.99. The zero-order valence-electron chi connectivity index (χ0n) is 11.3. The monoisotopic (exact) mass is 375 g/mol. The molecule has 0 radical (unpaired) electrons. The number of hydrogen-bond acceptors (Lipinski definition) is 2. The SMILES string of the molecule is CCCNC(c1cc(Br)sc1C)c1cccc(F)c1Cl. The van der Waals surface area contributed by atoms with Crippen molar-refractivity contribution in [1.29, 1.82) is 0 Å². The Bertz CT molecular complexity index is 600. The van der Waals surface area contributed by atoms with Crippen LogP contribution in [0, 0.1) is 12.7 Å². The first-order valence-electron chi connectivity index (χ1n) is 6.47. The van der Waals surface area contributed by atoms with Gasteiger partial charge in [-0.15, -0.1) is 11.3 Å². The third-order valence-corrected chi connectivity index (χ3v) is 5.10. The lowest BCUT2D eigenvalue weighted by Crippen LogP contribution is -2.23. The van der Waals surface area contributed by atoms with Gasteiger partial charge in [-0.1, -0.05) is 30.7 Å². The lowest BCUT2D eigenvalue weighted by Gasteiger charge is -2.20. The van der Waals surface area contributed by atoms with Crippen LogP contribution in [0.2, 0.25) is 5.02 Å². The molecular formula is C15H16BrClFNS. The van der Waals surface area contributed by atoms with Gasteiger partial charge in [0.15, 0.2) is 0 Å². The molecule has 0 spiro atoms. The van der Waals surface area contributed by atoms with E-state index in [1.165, 1.54) is 10.9 Å². The molecule has 20 heavy (non-hydrogen) atoms. The lowest BCUT2D eigenvalue weighted by molar-refractivity contribution is 0.585. The van der Waals surface area contributed by atoms with Crippen LogP contribution in [0.3, 0.4) is 0 Å². The third-order valence-electron chi connectivity index (χ3n) is 3.13. The van der Waals surface area contributed by atoms with Crippen LogP contribution in [-0.2, 0) is 0 Å². The van der Waals surface area contributed by atoms with Crippen molar-refractivity contribution in [3.8, 4) is 0 Å². The number of aryl methyl sites for hydroxylation is 1. The standard InChI is InChI=1S/C15H16BrClFNS/c1-3-7-19-15(11-8-13(16)20-9(11)2)10-5-4-6-12(18)14(10)17/h4-6,8,15,19H,3,7H2,1-2H3. The first-order chi connectivity index (χ1) is 9.54. The molecule has 0 saturated carbocycles. The molecule has 1 unspecified atom stereocenters. The Morgan fingerprint density at radius 3 is 2.75 bits per heavy atom. The molecule has 1 N–H and O–H groups in total. The molecular weight excluding hydrogens is 361 g/mol. The van der Waals surface area contributed by atoms with Crippen molar-refractivity contribution in [3.05, 3.63) is 54.9 Å². The van der Waals surface area contributed by atoms with E-state index in [0.29, 0.717) is 0 Å². The van der Waals surface area contributed by atoms with Crippen molar-refractivity contribution in [2.24, 2.45) is 0 Å². The van der Waals surface area contributed by atoms with E-state index >= 15 is 0 Å². The Labute approximate surface area is 136 Å². The molecule has 2 rings (SSSR count). The molecule has 1 nitrogen and oxygen atoms in total. The number of rotatable bonds is 5. The van der Waals surface area contributed by atoms with Gasteiger partial charge in [-0.05, 0) is 59.1 Å². The largest absolute Gasteiger partial charge is 0.306 e. The predicted molar refractivity (Wildman–Crippen MR) is 88.3 cm³/mol. The number of nitrogens with one attached hydrogen (secondary N) is 1. The molecule has 5 heteroatoms. The molecule has 0 fully saturated rings. The fraction of sp³-hybridized carbons (Fsp3) is 0.333. The fourth-order valence-electron chi connectivity index (χ4n) is 2.16. The van der Waals surface area contributed by atoms with Crippen molar-refractivity contribution in [2.45, 2.75) is 26.3 Å². The summed E-state index contributed by atoms with van der Waals surface area (Å²) in [5.74, 6) is -0.376. The average molecular weight is 377 g/mol. The first kappa shape index (κ1) is 16.0. The second kappa shape index (κ2) is 7.03. The minimum Gasteiger partial charge on any atom is -0.306 e. The molecule has 0 aliphatic rings. The molecule has 0 bridgehead atoms. The molecule has 1 aromatic heterocycles. The summed E-state index contributed by atoms with van der Waals surface area (Å²) in [6, 6.07) is 6.96. The molecule has 0 aliphatic carbocycles. The van der Waals surface area contributed by atoms with Gasteiger partial charge < -0.3 is 5.32 Å². The molecule has 2 aromatic rings. The maximum absolute atomic E-state index is 13.7. The molecule has 0 aliphatic heterocycles. The summed E-state index contributed by atoms with van der Waals surface area (Å²) < 4.78 is 14.8. The van der Waals surface area contributed by atoms with E-state index in [1.807, 2.05) is 6.07 Å². The van der Waals surface area contributed by atoms with Gasteiger partial charge in [-0.3, -0.25) is 0 Å². The average Bonchev–Trinajstić information content (AvgIpc) is 2.74. The van der Waals surface area contributed by atoms with Crippen LogP contribution in [0.1, 0.15) is 35.4 Å². The Hall–Kier alpha value is -0.420. The molecule has 1 aromatic carbocycles. The second-order valence-electron chi connectivity index (χ2n) is 4.59. The number of halogens is 3. The Balaban J connectivity index is 2.47. The van der Waals surface area contributed by atoms with E-state index in [-0.39, 0.29) is 16.9 Å². The van der Waals surface area contributed by atoms with Crippen molar-refractivity contribution >= 4 is 38.9 Å². The highest BCUT2D eigenvalue weighted by molar-refractivity contribution is 9.11. The van der Waals surface area contributed by atoms with Gasteiger partial charge in [0.25, 0.3) is 0 Å². The van der Waals surface area contributed by atoms with Gasteiger partial charge in [0.05, 0.1) is 14.9 Å². The van der Waals surface area contributed by atoms with Crippen LogP contribution >= 0.6 is 38.9 Å². The van der Waals surface area contributed by atoms with Crippen LogP contribution in [0.4, 0.5) is 4.39 Å². The van der Waals surface area contributed by atoms with Crippen molar-refractivity contribution in [2.75, 3.05) is 6.54 Å². The minimum atomic E-state index is -0.376. The highest BCUT2D eigenvalue weighted by atomic mass is 79.9. The van der Waals surface area contributed by atoms with Gasteiger partial charge in [0.2, 0.25) is 0 Å². The van der Waals surface area contributed by atoms with Gasteiger partial charge in [-0.2, -0.15) is 0 Å². The summed E-state index contributed by atoms with van der Waals surface area (Å²) in [5.41, 5.74) is 1.93. The van der Waals surface area contributed by atoms with Crippen molar-refractivity contribution < 1.29 is 4.39 Å². The normalized spacial score (nSPS) is 12.7. The van der Waals surface area contributed by atoms with Crippen LogP contribution in [0.15, 0.2) is 28.1 Å². The number of thiophene rings is 1. The fourth-order valence-corrected chi connectivity index (χ4v) is 4.15. The highest BCUT2D eigenvalue weighted by Gasteiger charge is 2.21. The Morgan fingerprint density at radius 1 is 1.40 bits per heavy atom. The quantitative estimate of drug-likeness (QED) is 0.705. The van der Waals surface area contributed by atoms with E-state index in [0.717, 1.165) is 27.9 Å². The Morgan fingerprint density at radius 2 is 2.15 bits per heavy atom. The number of benzene rings is 1. The van der Waals surface area contributed by atoms with Gasteiger partial charge in [0.1, 0.15) is 5.82 Å². The van der Waals surface area contributed by atoms with E-state index in [1.54, 1.807) is 17.4 Å². The smallest absolute Gasteiger partial charge is 0.142 e. The third kappa shape index (κ3) is 3.42. The predicted octanol–water partition coefficient (Wildman–Crippen LogP) is 5.70. The van der Waals surface area contributed by atoms with E-state index in [2.05, 4.69) is 41.2 Å². The molecule has 0 amide bonds. The van der Waals surface area contributed by atoms with Crippen LogP contribution in [-0.4, -0.2) is 6.54 Å². The van der Waals surface area contributed by atoms with Gasteiger partial charge in [0, 0.05) is 4.88 Å². The summed E-state index contributed by atoms with van der Waals surface area (Å²) in [6.45, 7) is 5.02. The van der Waals surface area contributed by atoms with E-state index in [9.17, 15) is 4.39 Å². The molecule has 1 atom stereocenters. The van der Waals surface area contributed by atoms with Crippen LogP contribution in [0.25, 0.3) is 0 Å². The van der Waals surface area contributed by atoms with Gasteiger partial charge in [-0.25, -0.2) is 4.39 Å². The summed E-state index contributed by atoms with van der Waals surface area (Å²) in [7, 11) is 0. The summed E-state index contributed by atoms with van der Waals surface area (Å²) in [4.78, 5) is 1.20. The van der Waals surface area contributed by atoms with Crippen LogP contribution in [0.5, 0.6) is 0 Å². The van der Waals surface area contributed by atoms with Crippen LogP contribution < -0.4 is 5.32 Å².